The lowest BCUT2D eigenvalue weighted by Crippen LogP contribution is -2.33. The van der Waals surface area contributed by atoms with E-state index >= 15 is 0 Å². The quantitative estimate of drug-likeness (QED) is 0.654. The van der Waals surface area contributed by atoms with Crippen LogP contribution in [-0.4, -0.2) is 26.8 Å². The molecule has 2 aliphatic rings. The van der Waals surface area contributed by atoms with Crippen molar-refractivity contribution in [3.8, 4) is 0 Å². The Balaban J connectivity index is 1.92. The summed E-state index contributed by atoms with van der Waals surface area (Å²) in [6.45, 7) is 0. The van der Waals surface area contributed by atoms with E-state index in [2.05, 4.69) is 0 Å². The first kappa shape index (κ1) is 9.22. The van der Waals surface area contributed by atoms with Gasteiger partial charge in [0.05, 0.1) is 10.2 Å². The largest absolute Gasteiger partial charge is 0.391 e. The second-order valence-electron chi connectivity index (χ2n) is 3.75. The van der Waals surface area contributed by atoms with Crippen LogP contribution in [0.2, 0.25) is 0 Å². The summed E-state index contributed by atoms with van der Waals surface area (Å²) in [4.78, 5) is 0. The Morgan fingerprint density at radius 3 is 2.17 bits per heavy atom. The van der Waals surface area contributed by atoms with Crippen LogP contribution in [0.3, 0.4) is 0 Å². The molecule has 1 heterocycles. The van der Waals surface area contributed by atoms with Gasteiger partial charge >= 0.3 is 0 Å². The zero-order valence-electron chi connectivity index (χ0n) is 7.29. The average molecular weight is 204 g/mol. The smallest absolute Gasteiger partial charge is 0.0721 e. The van der Waals surface area contributed by atoms with Gasteiger partial charge < -0.3 is 5.11 Å². The van der Waals surface area contributed by atoms with Gasteiger partial charge in [0, 0.05) is 11.5 Å². The molecule has 0 aromatic carbocycles. The molecule has 0 amide bonds. The molecule has 0 radical (unpaired) electrons. The molecule has 12 heavy (non-hydrogen) atoms. The van der Waals surface area contributed by atoms with Crippen LogP contribution in [0, 0.1) is 0 Å². The Bertz CT molecular complexity index is 145. The van der Waals surface area contributed by atoms with Crippen LogP contribution in [0.15, 0.2) is 0 Å². The van der Waals surface area contributed by atoms with Crippen molar-refractivity contribution in [1.29, 1.82) is 0 Å². The molecule has 2 rings (SSSR count). The maximum absolute atomic E-state index is 9.38. The number of thioether (sulfide) groups is 2. The molecular formula is C9H16OS2. The highest BCUT2D eigenvalue weighted by Gasteiger charge is 2.37. The fourth-order valence-electron chi connectivity index (χ4n) is 1.97. The van der Waals surface area contributed by atoms with Gasteiger partial charge in [0.2, 0.25) is 0 Å². The van der Waals surface area contributed by atoms with Gasteiger partial charge in [-0.25, -0.2) is 0 Å². The van der Waals surface area contributed by atoms with Crippen molar-refractivity contribution in [3.63, 3.8) is 0 Å². The molecule has 1 nitrogen and oxygen atoms in total. The highest BCUT2D eigenvalue weighted by Crippen LogP contribution is 2.51. The van der Waals surface area contributed by atoms with Crippen LogP contribution in [0.4, 0.5) is 0 Å². The Morgan fingerprint density at radius 2 is 1.58 bits per heavy atom. The topological polar surface area (TPSA) is 20.2 Å². The highest BCUT2D eigenvalue weighted by molar-refractivity contribution is 8.18. The summed E-state index contributed by atoms with van der Waals surface area (Å²) in [5.41, 5.74) is 0. The molecule has 70 valence electrons. The van der Waals surface area contributed by atoms with Crippen LogP contribution in [0.1, 0.15) is 32.1 Å². The van der Waals surface area contributed by atoms with Crippen LogP contribution < -0.4 is 0 Å². The lowest BCUT2D eigenvalue weighted by molar-refractivity contribution is 0.222. The van der Waals surface area contributed by atoms with Gasteiger partial charge in [0.25, 0.3) is 0 Å². The summed E-state index contributed by atoms with van der Waals surface area (Å²) >= 11 is 4.02. The maximum Gasteiger partial charge on any atom is 0.0721 e. The van der Waals surface area contributed by atoms with Gasteiger partial charge in [-0.05, 0) is 12.8 Å². The summed E-state index contributed by atoms with van der Waals surface area (Å²) in [5.74, 6) is 1.93. The predicted molar refractivity (Wildman–Crippen MR) is 56.7 cm³/mol. The third-order valence-corrected chi connectivity index (χ3v) is 6.37. The standard InChI is InChI=1S/C9H16OS2/c10-8-6-11-9(12-7-8)4-2-1-3-5-9/h8,10H,1-7H2. The van der Waals surface area contributed by atoms with Crippen molar-refractivity contribution in [1.82, 2.24) is 0 Å². The fraction of sp³-hybridized carbons (Fsp3) is 1.00. The SMILES string of the molecule is OC1CSC2(CCCCC2)SC1. The molecule has 1 aliphatic heterocycles. The zero-order chi connectivity index (χ0) is 8.44. The Morgan fingerprint density at radius 1 is 1.00 bits per heavy atom. The van der Waals surface area contributed by atoms with E-state index in [9.17, 15) is 5.11 Å². The fourth-order valence-corrected chi connectivity index (χ4v) is 5.24. The molecule has 3 heteroatoms. The van der Waals surface area contributed by atoms with Crippen molar-refractivity contribution >= 4 is 23.5 Å². The third-order valence-electron chi connectivity index (χ3n) is 2.69. The summed E-state index contributed by atoms with van der Waals surface area (Å²) in [5, 5.41) is 9.38. The molecule has 1 spiro atoms. The lowest BCUT2D eigenvalue weighted by Gasteiger charge is -2.40. The molecule has 2 fully saturated rings. The number of rotatable bonds is 0. The molecule has 1 aliphatic carbocycles. The molecule has 1 saturated carbocycles. The first-order valence-corrected chi connectivity index (χ1v) is 6.74. The van der Waals surface area contributed by atoms with Crippen molar-refractivity contribution in [2.75, 3.05) is 11.5 Å². The molecule has 0 bridgehead atoms. The van der Waals surface area contributed by atoms with Gasteiger partial charge in [-0.3, -0.25) is 0 Å². The number of aliphatic hydroxyl groups is 1. The van der Waals surface area contributed by atoms with E-state index in [-0.39, 0.29) is 6.10 Å². The number of hydrogen-bond donors (Lipinski definition) is 1. The highest BCUT2D eigenvalue weighted by atomic mass is 32.2. The molecular weight excluding hydrogens is 188 g/mol. The van der Waals surface area contributed by atoms with E-state index in [1.54, 1.807) is 0 Å². The Kier molecular flexibility index (Phi) is 2.93. The van der Waals surface area contributed by atoms with Crippen molar-refractivity contribution < 1.29 is 5.11 Å². The minimum Gasteiger partial charge on any atom is -0.391 e. The Labute approximate surface area is 82.7 Å². The molecule has 0 atom stereocenters. The van der Waals surface area contributed by atoms with E-state index in [0.717, 1.165) is 11.5 Å². The van der Waals surface area contributed by atoms with Gasteiger partial charge in [0.1, 0.15) is 0 Å². The second-order valence-corrected chi connectivity index (χ2v) is 6.81. The van der Waals surface area contributed by atoms with Gasteiger partial charge in [-0.1, -0.05) is 19.3 Å². The monoisotopic (exact) mass is 204 g/mol. The van der Waals surface area contributed by atoms with Crippen LogP contribution in [0.25, 0.3) is 0 Å². The normalized spacial score (nSPS) is 30.8. The van der Waals surface area contributed by atoms with E-state index in [4.69, 9.17) is 0 Å². The first-order chi connectivity index (χ1) is 5.81. The van der Waals surface area contributed by atoms with Crippen LogP contribution >= 0.6 is 23.5 Å². The van der Waals surface area contributed by atoms with Crippen molar-refractivity contribution in [3.05, 3.63) is 0 Å². The minimum atomic E-state index is -0.0486. The van der Waals surface area contributed by atoms with Crippen molar-refractivity contribution in [2.45, 2.75) is 42.3 Å². The minimum absolute atomic E-state index is 0.0486. The first-order valence-electron chi connectivity index (χ1n) is 4.77. The summed E-state index contributed by atoms with van der Waals surface area (Å²) < 4.78 is 0.511. The van der Waals surface area contributed by atoms with Gasteiger partial charge in [-0.2, -0.15) is 0 Å². The molecule has 0 unspecified atom stereocenters. The van der Waals surface area contributed by atoms with E-state index in [1.165, 1.54) is 32.1 Å². The third kappa shape index (κ3) is 1.94. The van der Waals surface area contributed by atoms with E-state index in [1.807, 2.05) is 23.5 Å². The molecule has 1 N–H and O–H groups in total. The van der Waals surface area contributed by atoms with Crippen molar-refractivity contribution in [2.24, 2.45) is 0 Å². The van der Waals surface area contributed by atoms with Gasteiger partial charge in [0.15, 0.2) is 0 Å². The number of hydrogen-bond acceptors (Lipinski definition) is 3. The number of aliphatic hydroxyl groups excluding tert-OH is 1. The summed E-state index contributed by atoms with van der Waals surface area (Å²) in [7, 11) is 0. The Hall–Kier alpha value is 0.660. The molecule has 0 aromatic rings. The zero-order valence-corrected chi connectivity index (χ0v) is 8.92. The van der Waals surface area contributed by atoms with Gasteiger partial charge in [-0.15, -0.1) is 23.5 Å². The maximum atomic E-state index is 9.38. The van der Waals surface area contributed by atoms with E-state index < -0.39 is 0 Å². The summed E-state index contributed by atoms with van der Waals surface area (Å²) in [6.07, 6.45) is 6.91. The average Bonchev–Trinajstić information content (AvgIpc) is 2.13. The van der Waals surface area contributed by atoms with Crippen LogP contribution in [0.5, 0.6) is 0 Å². The van der Waals surface area contributed by atoms with E-state index in [0.29, 0.717) is 4.08 Å². The van der Waals surface area contributed by atoms with Crippen LogP contribution in [-0.2, 0) is 0 Å². The lowest BCUT2D eigenvalue weighted by atomic mass is 10.00. The molecule has 0 aromatic heterocycles. The summed E-state index contributed by atoms with van der Waals surface area (Å²) in [6, 6.07) is 0. The predicted octanol–water partition coefficient (Wildman–Crippen LogP) is 2.49. The molecule has 1 saturated heterocycles. The second kappa shape index (κ2) is 3.81.